The molecule has 5 aliphatic rings. The first-order chi connectivity index (χ1) is 27.0. The van der Waals surface area contributed by atoms with Crippen molar-refractivity contribution in [2.24, 2.45) is 11.8 Å². The maximum absolute atomic E-state index is 2.69. The summed E-state index contributed by atoms with van der Waals surface area (Å²) >= 11 is 2.06. The Morgan fingerprint density at radius 3 is 2.00 bits per heavy atom. The van der Waals surface area contributed by atoms with Crippen LogP contribution in [0.25, 0.3) is 10.1 Å². The zero-order chi connectivity index (χ0) is 38.3. The van der Waals surface area contributed by atoms with Gasteiger partial charge in [-0.1, -0.05) is 102 Å². The van der Waals surface area contributed by atoms with E-state index in [1.807, 2.05) is 0 Å². The topological polar surface area (TPSA) is 6.48 Å². The number of thiophene rings is 1. The molecule has 2 saturated carbocycles. The van der Waals surface area contributed by atoms with Crippen LogP contribution in [0, 0.1) is 25.7 Å². The second-order valence-electron chi connectivity index (χ2n) is 19.7. The fourth-order valence-corrected chi connectivity index (χ4v) is 13.8. The van der Waals surface area contributed by atoms with Crippen molar-refractivity contribution >= 4 is 78.0 Å². The van der Waals surface area contributed by atoms with E-state index >= 15 is 0 Å². The first kappa shape index (κ1) is 34.9. The van der Waals surface area contributed by atoms with Gasteiger partial charge < -0.3 is 9.80 Å². The van der Waals surface area contributed by atoms with Crippen LogP contribution in [0.15, 0.2) is 97.1 Å². The molecule has 56 heavy (non-hydrogen) atoms. The standard InChI is InChI=1S/C52H55BN2S/c1-8-52(30-34-20-21-35(26-34)31-52)36-22-23-45-38(27-36)48-49(56-45)53-41-28-39-40(51(6,7)25-24-50(39,4)5)29-44(41)55(47-32(2)14-12-15-33(47)3)43-19-13-18-42(46(43)53)54(48)37-16-10-9-11-17-37/h9-19,22-23,27-29,34-35H,8,20-21,24-26,30-31H2,1-7H3/t34-,35?,52+/m1/s1. The number of aryl methyl sites for hydroxylation is 2. The van der Waals surface area contributed by atoms with Crippen molar-refractivity contribution in [1.29, 1.82) is 0 Å². The van der Waals surface area contributed by atoms with Gasteiger partial charge in [0.15, 0.2) is 0 Å². The zero-order valence-corrected chi connectivity index (χ0v) is 35.2. The number of para-hydroxylation sites is 2. The Morgan fingerprint density at radius 2 is 1.32 bits per heavy atom. The van der Waals surface area contributed by atoms with Crippen LogP contribution >= 0.6 is 11.3 Å². The van der Waals surface area contributed by atoms with Gasteiger partial charge in [-0.2, -0.15) is 0 Å². The highest BCUT2D eigenvalue weighted by Crippen LogP contribution is 2.56. The van der Waals surface area contributed by atoms with Crippen LogP contribution in [0.2, 0.25) is 0 Å². The molecular formula is C52H55BN2S. The molecule has 4 heteroatoms. The minimum absolute atomic E-state index is 0.109. The second kappa shape index (κ2) is 12.1. The van der Waals surface area contributed by atoms with Gasteiger partial charge in [-0.15, -0.1) is 11.3 Å². The van der Waals surface area contributed by atoms with Crippen molar-refractivity contribution in [3.63, 3.8) is 0 Å². The van der Waals surface area contributed by atoms with Gasteiger partial charge in [-0.3, -0.25) is 0 Å². The summed E-state index contributed by atoms with van der Waals surface area (Å²) in [5.74, 6) is 1.79. The number of hydrogen-bond donors (Lipinski definition) is 0. The fraction of sp³-hybridized carbons (Fsp3) is 0.385. The van der Waals surface area contributed by atoms with Crippen LogP contribution in [-0.4, -0.2) is 6.71 Å². The lowest BCUT2D eigenvalue weighted by atomic mass is 9.35. The van der Waals surface area contributed by atoms with Crippen molar-refractivity contribution in [2.45, 2.75) is 116 Å². The van der Waals surface area contributed by atoms with E-state index < -0.39 is 0 Å². The summed E-state index contributed by atoms with van der Waals surface area (Å²) in [7, 11) is 0. The van der Waals surface area contributed by atoms with Crippen molar-refractivity contribution in [2.75, 3.05) is 9.80 Å². The van der Waals surface area contributed by atoms with Crippen molar-refractivity contribution in [1.82, 2.24) is 0 Å². The van der Waals surface area contributed by atoms with E-state index in [0.29, 0.717) is 0 Å². The molecule has 2 bridgehead atoms. The molecule has 0 radical (unpaired) electrons. The van der Waals surface area contributed by atoms with Gasteiger partial charge in [0.05, 0.1) is 11.4 Å². The monoisotopic (exact) mass is 750 g/mol. The smallest absolute Gasteiger partial charge is 0.264 e. The first-order valence-corrected chi connectivity index (χ1v) is 22.4. The molecule has 282 valence electrons. The highest BCUT2D eigenvalue weighted by Gasteiger charge is 2.49. The number of benzene rings is 5. The Balaban J connectivity index is 1.23. The van der Waals surface area contributed by atoms with Gasteiger partial charge in [-0.25, -0.2) is 0 Å². The lowest BCUT2D eigenvalue weighted by molar-refractivity contribution is 0.207. The Kier molecular flexibility index (Phi) is 7.56. The van der Waals surface area contributed by atoms with Gasteiger partial charge in [0.25, 0.3) is 6.71 Å². The number of rotatable bonds is 4. The van der Waals surface area contributed by atoms with Crippen LogP contribution in [0.3, 0.4) is 0 Å². The molecule has 6 aromatic rings. The molecule has 3 atom stereocenters. The van der Waals surface area contributed by atoms with Crippen molar-refractivity contribution < 1.29 is 0 Å². The predicted octanol–water partition coefficient (Wildman–Crippen LogP) is 12.8. The summed E-state index contributed by atoms with van der Waals surface area (Å²) in [6.07, 6.45) is 10.7. The van der Waals surface area contributed by atoms with Gasteiger partial charge in [0.1, 0.15) is 0 Å². The van der Waals surface area contributed by atoms with Crippen molar-refractivity contribution in [3.8, 4) is 0 Å². The molecule has 0 N–H and O–H groups in total. The molecule has 3 heterocycles. The molecule has 2 nitrogen and oxygen atoms in total. The molecule has 0 saturated heterocycles. The first-order valence-electron chi connectivity index (χ1n) is 21.6. The highest BCUT2D eigenvalue weighted by molar-refractivity contribution is 7.33. The molecule has 2 aliphatic heterocycles. The fourth-order valence-electron chi connectivity index (χ4n) is 12.5. The second-order valence-corrected chi connectivity index (χ2v) is 20.8. The largest absolute Gasteiger partial charge is 0.311 e. The molecular weight excluding hydrogens is 695 g/mol. The SMILES string of the molecule is CC[C@@]1(c2ccc3sc4c(c3c2)N(c2ccccc2)c2cccc3c2B4c2cc4c(cc2N3c2c(C)cccc2C)C(C)(C)CCC4(C)C)CC2CC[C@H](C2)C1. The van der Waals surface area contributed by atoms with E-state index in [1.165, 1.54) is 128 Å². The van der Waals surface area contributed by atoms with Crippen LogP contribution in [0.5, 0.6) is 0 Å². The van der Waals surface area contributed by atoms with E-state index in [1.54, 1.807) is 11.1 Å². The van der Waals surface area contributed by atoms with E-state index in [-0.39, 0.29) is 23.0 Å². The van der Waals surface area contributed by atoms with Gasteiger partial charge in [0, 0.05) is 37.6 Å². The van der Waals surface area contributed by atoms with Crippen LogP contribution in [0.4, 0.5) is 34.1 Å². The summed E-state index contributed by atoms with van der Waals surface area (Å²) in [5.41, 5.74) is 18.6. The predicted molar refractivity (Wildman–Crippen MR) is 243 cm³/mol. The average molecular weight is 751 g/mol. The number of nitrogens with zero attached hydrogens (tertiary/aromatic N) is 2. The maximum Gasteiger partial charge on any atom is 0.264 e. The molecule has 2 fully saturated rings. The van der Waals surface area contributed by atoms with Crippen molar-refractivity contribution in [3.05, 3.63) is 125 Å². The van der Waals surface area contributed by atoms with Gasteiger partial charge in [-0.05, 0) is 162 Å². The summed E-state index contributed by atoms with van der Waals surface area (Å²) in [5, 5.41) is 1.44. The third kappa shape index (κ3) is 4.87. The molecule has 0 amide bonds. The van der Waals surface area contributed by atoms with Crippen LogP contribution in [0.1, 0.15) is 114 Å². The lowest BCUT2D eigenvalue weighted by Crippen LogP contribution is -2.61. The summed E-state index contributed by atoms with van der Waals surface area (Å²) < 4.78 is 2.91. The Labute approximate surface area is 339 Å². The Bertz CT molecular complexity index is 2550. The highest BCUT2D eigenvalue weighted by atomic mass is 32.1. The minimum Gasteiger partial charge on any atom is -0.311 e. The third-order valence-electron chi connectivity index (χ3n) is 15.5. The summed E-state index contributed by atoms with van der Waals surface area (Å²) in [6.45, 7) is 17.1. The zero-order valence-electron chi connectivity index (χ0n) is 34.4. The number of fused-ring (bicyclic) bond motifs is 9. The third-order valence-corrected chi connectivity index (χ3v) is 16.8. The lowest BCUT2D eigenvalue weighted by Gasteiger charge is -2.47. The van der Waals surface area contributed by atoms with E-state index in [4.69, 9.17) is 0 Å². The normalized spacial score (nSPS) is 23.8. The molecule has 5 aromatic carbocycles. The van der Waals surface area contributed by atoms with Gasteiger partial charge in [0.2, 0.25) is 0 Å². The molecule has 11 rings (SSSR count). The van der Waals surface area contributed by atoms with E-state index in [2.05, 4.69) is 167 Å². The quantitative estimate of drug-likeness (QED) is 0.165. The number of hydrogen-bond acceptors (Lipinski definition) is 3. The summed E-state index contributed by atoms with van der Waals surface area (Å²) in [4.78, 5) is 5.31. The van der Waals surface area contributed by atoms with E-state index in [0.717, 1.165) is 11.8 Å². The van der Waals surface area contributed by atoms with Crippen LogP contribution < -0.4 is 25.5 Å². The molecule has 0 spiro atoms. The Morgan fingerprint density at radius 1 is 0.679 bits per heavy atom. The molecule has 1 unspecified atom stereocenters. The van der Waals surface area contributed by atoms with Crippen LogP contribution in [-0.2, 0) is 16.2 Å². The van der Waals surface area contributed by atoms with E-state index in [9.17, 15) is 0 Å². The molecule has 3 aliphatic carbocycles. The minimum atomic E-state index is 0.109. The summed E-state index contributed by atoms with van der Waals surface area (Å²) in [6, 6.07) is 38.3. The Hall–Kier alpha value is -4.28. The molecule has 1 aromatic heterocycles. The number of anilines is 6. The van der Waals surface area contributed by atoms with Gasteiger partial charge >= 0.3 is 0 Å². The maximum atomic E-state index is 2.69. The average Bonchev–Trinajstić information content (AvgIpc) is 3.75.